The van der Waals surface area contributed by atoms with Gasteiger partial charge in [0.25, 0.3) is 0 Å². The van der Waals surface area contributed by atoms with Crippen LogP contribution in [0, 0.1) is 6.92 Å². The molecule has 6 nitrogen and oxygen atoms in total. The van der Waals surface area contributed by atoms with Crippen LogP contribution in [0.5, 0.6) is 0 Å². The molecule has 0 radical (unpaired) electrons. The van der Waals surface area contributed by atoms with E-state index < -0.39 is 0 Å². The standard InChI is InChI=1S/C29H34N6S/c1-23-28(21-32-26-19-25-5-2-3-6-27(25)33-20-26)31-12-9-29(23)36-18-4-13-34-14-16-35(17-15-34)22-24-7-10-30-11-8-24/h2-3,5-12,19-20,32H,4,13-18,21-22H2,1H3. The number of rotatable bonds is 10. The van der Waals surface area contributed by atoms with E-state index in [0.29, 0.717) is 6.54 Å². The Labute approximate surface area is 218 Å². The van der Waals surface area contributed by atoms with Gasteiger partial charge < -0.3 is 10.2 Å². The van der Waals surface area contributed by atoms with Crippen LogP contribution in [0.2, 0.25) is 0 Å². The minimum Gasteiger partial charge on any atom is -0.378 e. The maximum Gasteiger partial charge on any atom is 0.0703 e. The van der Waals surface area contributed by atoms with E-state index in [-0.39, 0.29) is 0 Å². The monoisotopic (exact) mass is 498 g/mol. The number of benzene rings is 1. The molecule has 1 N–H and O–H groups in total. The molecule has 4 aromatic rings. The summed E-state index contributed by atoms with van der Waals surface area (Å²) in [7, 11) is 0. The zero-order valence-corrected chi connectivity index (χ0v) is 21.8. The molecule has 0 spiro atoms. The minimum absolute atomic E-state index is 0.698. The van der Waals surface area contributed by atoms with Crippen molar-refractivity contribution >= 4 is 28.4 Å². The molecule has 0 unspecified atom stereocenters. The number of pyridine rings is 3. The van der Waals surface area contributed by atoms with Gasteiger partial charge in [-0.25, -0.2) is 0 Å². The van der Waals surface area contributed by atoms with Crippen LogP contribution in [-0.4, -0.2) is 63.2 Å². The van der Waals surface area contributed by atoms with Crippen molar-refractivity contribution in [1.29, 1.82) is 0 Å². The third-order valence-electron chi connectivity index (χ3n) is 6.81. The van der Waals surface area contributed by atoms with Gasteiger partial charge in [0, 0.05) is 61.6 Å². The highest BCUT2D eigenvalue weighted by molar-refractivity contribution is 7.99. The van der Waals surface area contributed by atoms with Crippen LogP contribution in [0.15, 0.2) is 78.2 Å². The van der Waals surface area contributed by atoms with Gasteiger partial charge in [-0.2, -0.15) is 0 Å². The summed E-state index contributed by atoms with van der Waals surface area (Å²) in [5.41, 5.74) is 5.76. The van der Waals surface area contributed by atoms with Gasteiger partial charge in [-0.1, -0.05) is 18.2 Å². The summed E-state index contributed by atoms with van der Waals surface area (Å²) in [6, 6.07) is 16.7. The van der Waals surface area contributed by atoms with Crippen LogP contribution in [0.25, 0.3) is 10.9 Å². The molecule has 0 amide bonds. The Hall–Kier alpha value is -3.00. The zero-order valence-electron chi connectivity index (χ0n) is 20.9. The number of para-hydroxylation sites is 1. The second-order valence-corrected chi connectivity index (χ2v) is 10.5. The van der Waals surface area contributed by atoms with Crippen molar-refractivity contribution in [2.45, 2.75) is 31.3 Å². The Kier molecular flexibility index (Phi) is 8.43. The molecule has 5 rings (SSSR count). The molecular weight excluding hydrogens is 464 g/mol. The van der Waals surface area contributed by atoms with Crippen molar-refractivity contribution in [3.63, 3.8) is 0 Å². The van der Waals surface area contributed by atoms with Gasteiger partial charge in [-0.05, 0) is 67.1 Å². The SMILES string of the molecule is Cc1c(SCCCN2CCN(Cc3ccncc3)CC2)ccnc1CNc1cnc2ccccc2c1. The largest absolute Gasteiger partial charge is 0.378 e. The molecule has 1 saturated heterocycles. The Morgan fingerprint density at radius 2 is 1.72 bits per heavy atom. The third kappa shape index (κ3) is 6.60. The lowest BCUT2D eigenvalue weighted by Gasteiger charge is -2.34. The van der Waals surface area contributed by atoms with Gasteiger partial charge in [0.1, 0.15) is 0 Å². The third-order valence-corrected chi connectivity index (χ3v) is 8.05. The Morgan fingerprint density at radius 3 is 2.58 bits per heavy atom. The predicted molar refractivity (Wildman–Crippen MR) is 149 cm³/mol. The lowest BCUT2D eigenvalue weighted by atomic mass is 10.2. The summed E-state index contributed by atoms with van der Waals surface area (Å²) >= 11 is 1.95. The second-order valence-electron chi connectivity index (χ2n) is 9.33. The molecule has 0 aliphatic carbocycles. The number of hydrogen-bond acceptors (Lipinski definition) is 7. The fourth-order valence-electron chi connectivity index (χ4n) is 4.63. The quantitative estimate of drug-likeness (QED) is 0.237. The highest BCUT2D eigenvalue weighted by Gasteiger charge is 2.16. The zero-order chi connectivity index (χ0) is 24.6. The number of hydrogen-bond donors (Lipinski definition) is 1. The molecule has 1 fully saturated rings. The number of nitrogens with zero attached hydrogens (tertiary/aromatic N) is 5. The lowest BCUT2D eigenvalue weighted by Crippen LogP contribution is -2.46. The molecule has 36 heavy (non-hydrogen) atoms. The van der Waals surface area contributed by atoms with E-state index in [0.717, 1.165) is 60.8 Å². The topological polar surface area (TPSA) is 57.2 Å². The first kappa shape index (κ1) is 24.7. The second kappa shape index (κ2) is 12.3. The molecule has 7 heteroatoms. The summed E-state index contributed by atoms with van der Waals surface area (Å²) in [6.07, 6.45) is 8.81. The van der Waals surface area contributed by atoms with Crippen molar-refractivity contribution in [3.8, 4) is 0 Å². The number of nitrogens with one attached hydrogen (secondary N) is 1. The normalized spacial score (nSPS) is 14.8. The van der Waals surface area contributed by atoms with Gasteiger partial charge in [0.2, 0.25) is 0 Å². The van der Waals surface area contributed by atoms with Gasteiger partial charge in [-0.3, -0.25) is 19.9 Å². The van der Waals surface area contributed by atoms with E-state index >= 15 is 0 Å². The van der Waals surface area contributed by atoms with Crippen molar-refractivity contribution in [2.24, 2.45) is 0 Å². The summed E-state index contributed by atoms with van der Waals surface area (Å²) in [5, 5.41) is 4.65. The molecule has 1 aliphatic heterocycles. The van der Waals surface area contributed by atoms with Crippen molar-refractivity contribution in [1.82, 2.24) is 24.8 Å². The van der Waals surface area contributed by atoms with E-state index in [4.69, 9.17) is 0 Å². The predicted octanol–water partition coefficient (Wildman–Crippen LogP) is 5.25. The maximum atomic E-state index is 4.64. The van der Waals surface area contributed by atoms with Crippen LogP contribution in [-0.2, 0) is 13.1 Å². The first-order valence-electron chi connectivity index (χ1n) is 12.7. The van der Waals surface area contributed by atoms with Crippen LogP contribution < -0.4 is 5.32 Å². The highest BCUT2D eigenvalue weighted by Crippen LogP contribution is 2.25. The fourth-order valence-corrected chi connectivity index (χ4v) is 5.62. The summed E-state index contributed by atoms with van der Waals surface area (Å²) in [4.78, 5) is 19.8. The molecule has 4 heterocycles. The Balaban J connectivity index is 1.05. The van der Waals surface area contributed by atoms with E-state index in [1.54, 1.807) is 0 Å². The van der Waals surface area contributed by atoms with Gasteiger partial charge in [0.15, 0.2) is 0 Å². The maximum absolute atomic E-state index is 4.64. The molecule has 0 atom stereocenters. The molecule has 186 valence electrons. The van der Waals surface area contributed by atoms with Crippen LogP contribution in [0.3, 0.4) is 0 Å². The van der Waals surface area contributed by atoms with E-state index in [9.17, 15) is 0 Å². The first-order valence-corrected chi connectivity index (χ1v) is 13.7. The van der Waals surface area contributed by atoms with E-state index in [2.05, 4.69) is 67.3 Å². The molecule has 1 aliphatic rings. The molecule has 1 aromatic carbocycles. The molecule has 0 bridgehead atoms. The van der Waals surface area contributed by atoms with Crippen molar-refractivity contribution in [3.05, 3.63) is 90.1 Å². The average molecular weight is 499 g/mol. The molecular formula is C29H34N6S. The smallest absolute Gasteiger partial charge is 0.0703 e. The minimum atomic E-state index is 0.698. The summed E-state index contributed by atoms with van der Waals surface area (Å²) in [6.45, 7) is 9.68. The van der Waals surface area contributed by atoms with Gasteiger partial charge in [-0.15, -0.1) is 11.8 Å². The lowest BCUT2D eigenvalue weighted by molar-refractivity contribution is 0.127. The van der Waals surface area contributed by atoms with Crippen LogP contribution in [0.1, 0.15) is 23.2 Å². The average Bonchev–Trinajstić information content (AvgIpc) is 2.92. The van der Waals surface area contributed by atoms with Gasteiger partial charge >= 0.3 is 0 Å². The summed E-state index contributed by atoms with van der Waals surface area (Å²) < 4.78 is 0. The van der Waals surface area contributed by atoms with Crippen molar-refractivity contribution < 1.29 is 0 Å². The number of thioether (sulfide) groups is 1. The number of aromatic nitrogens is 3. The first-order chi connectivity index (χ1) is 17.7. The number of fused-ring (bicyclic) bond motifs is 1. The highest BCUT2D eigenvalue weighted by atomic mass is 32.2. The van der Waals surface area contributed by atoms with E-state index in [1.165, 1.54) is 29.0 Å². The van der Waals surface area contributed by atoms with E-state index in [1.807, 2.05) is 54.7 Å². The van der Waals surface area contributed by atoms with Crippen molar-refractivity contribution in [2.75, 3.05) is 43.8 Å². The number of piperazine rings is 1. The van der Waals surface area contributed by atoms with Crippen LogP contribution >= 0.6 is 11.8 Å². The fraction of sp³-hybridized carbons (Fsp3) is 0.345. The number of anilines is 1. The molecule has 3 aromatic heterocycles. The molecule has 0 saturated carbocycles. The van der Waals surface area contributed by atoms with Gasteiger partial charge in [0.05, 0.1) is 29.6 Å². The Morgan fingerprint density at radius 1 is 0.917 bits per heavy atom. The Bertz CT molecular complexity index is 1260. The van der Waals surface area contributed by atoms with Crippen LogP contribution in [0.4, 0.5) is 5.69 Å². The summed E-state index contributed by atoms with van der Waals surface area (Å²) in [5.74, 6) is 1.13.